The maximum atomic E-state index is 5.82. The molecule has 0 aliphatic carbocycles. The van der Waals surface area contributed by atoms with Gasteiger partial charge in [0.1, 0.15) is 5.75 Å². The fourth-order valence-electron chi connectivity index (χ4n) is 1.58. The first-order chi connectivity index (χ1) is 7.63. The molecule has 0 amide bonds. The molecule has 0 saturated heterocycles. The van der Waals surface area contributed by atoms with E-state index in [4.69, 9.17) is 4.74 Å². The van der Waals surface area contributed by atoms with Crippen LogP contribution >= 0.6 is 0 Å². The number of hydrogen-bond acceptors (Lipinski definition) is 2. The number of hydrogen-bond donors (Lipinski definition) is 1. The van der Waals surface area contributed by atoms with E-state index in [-0.39, 0.29) is 0 Å². The van der Waals surface area contributed by atoms with Crippen LogP contribution in [0.15, 0.2) is 18.2 Å². The summed E-state index contributed by atoms with van der Waals surface area (Å²) in [6, 6.07) is 6.35. The molecule has 1 N–H and O–H groups in total. The SMILES string of the molecule is CNCc1cc(C)ccc1OCCC(C)C. The van der Waals surface area contributed by atoms with E-state index in [2.05, 4.69) is 44.3 Å². The van der Waals surface area contributed by atoms with Crippen LogP contribution in [0.3, 0.4) is 0 Å². The first kappa shape index (κ1) is 13.0. The van der Waals surface area contributed by atoms with Crippen LogP contribution < -0.4 is 10.1 Å². The van der Waals surface area contributed by atoms with Gasteiger partial charge in [0.15, 0.2) is 0 Å². The Morgan fingerprint density at radius 3 is 2.69 bits per heavy atom. The van der Waals surface area contributed by atoms with E-state index in [1.807, 2.05) is 7.05 Å². The predicted molar refractivity (Wildman–Crippen MR) is 68.9 cm³/mol. The lowest BCUT2D eigenvalue weighted by Crippen LogP contribution is -2.09. The average molecular weight is 221 g/mol. The summed E-state index contributed by atoms with van der Waals surface area (Å²) in [4.78, 5) is 0. The molecule has 0 heterocycles. The molecule has 0 fully saturated rings. The van der Waals surface area contributed by atoms with Crippen LogP contribution in [0.25, 0.3) is 0 Å². The molecule has 0 aromatic heterocycles. The smallest absolute Gasteiger partial charge is 0.123 e. The Kier molecular flexibility index (Phi) is 5.33. The van der Waals surface area contributed by atoms with Crippen LogP contribution in [0.1, 0.15) is 31.4 Å². The van der Waals surface area contributed by atoms with E-state index < -0.39 is 0 Å². The minimum Gasteiger partial charge on any atom is -0.493 e. The first-order valence-electron chi connectivity index (χ1n) is 6.00. The fourth-order valence-corrected chi connectivity index (χ4v) is 1.58. The van der Waals surface area contributed by atoms with Crippen molar-refractivity contribution in [2.75, 3.05) is 13.7 Å². The van der Waals surface area contributed by atoms with Crippen molar-refractivity contribution in [2.24, 2.45) is 5.92 Å². The van der Waals surface area contributed by atoms with Gasteiger partial charge >= 0.3 is 0 Å². The highest BCUT2D eigenvalue weighted by molar-refractivity contribution is 5.36. The largest absolute Gasteiger partial charge is 0.493 e. The van der Waals surface area contributed by atoms with Gasteiger partial charge in [-0.15, -0.1) is 0 Å². The Bertz CT molecular complexity index is 321. The van der Waals surface area contributed by atoms with Crippen LogP contribution in [0, 0.1) is 12.8 Å². The summed E-state index contributed by atoms with van der Waals surface area (Å²) >= 11 is 0. The van der Waals surface area contributed by atoms with Gasteiger partial charge in [-0.1, -0.05) is 31.5 Å². The van der Waals surface area contributed by atoms with Crippen LogP contribution in [0.5, 0.6) is 5.75 Å². The lowest BCUT2D eigenvalue weighted by atomic mass is 10.1. The maximum absolute atomic E-state index is 5.82. The van der Waals surface area contributed by atoms with Gasteiger partial charge in [-0.2, -0.15) is 0 Å². The summed E-state index contributed by atoms with van der Waals surface area (Å²) in [5.74, 6) is 1.71. The van der Waals surface area contributed by atoms with E-state index in [1.54, 1.807) is 0 Å². The monoisotopic (exact) mass is 221 g/mol. The van der Waals surface area contributed by atoms with Crippen LogP contribution in [0.2, 0.25) is 0 Å². The van der Waals surface area contributed by atoms with Crippen molar-refractivity contribution < 1.29 is 4.74 Å². The summed E-state index contributed by atoms with van der Waals surface area (Å²) in [5.41, 5.74) is 2.52. The summed E-state index contributed by atoms with van der Waals surface area (Å²) in [6.07, 6.45) is 1.10. The summed E-state index contributed by atoms with van der Waals surface area (Å²) in [6.45, 7) is 8.20. The molecule has 0 aliphatic rings. The second-order valence-corrected chi connectivity index (χ2v) is 4.67. The second-order valence-electron chi connectivity index (χ2n) is 4.67. The molecule has 0 bridgehead atoms. The highest BCUT2D eigenvalue weighted by Gasteiger charge is 2.03. The molecule has 1 rings (SSSR count). The topological polar surface area (TPSA) is 21.3 Å². The minimum atomic E-state index is 0.693. The maximum Gasteiger partial charge on any atom is 0.123 e. The van der Waals surface area contributed by atoms with E-state index >= 15 is 0 Å². The van der Waals surface area contributed by atoms with Crippen molar-refractivity contribution >= 4 is 0 Å². The molecule has 16 heavy (non-hydrogen) atoms. The molecular formula is C14H23NO. The van der Waals surface area contributed by atoms with Gasteiger partial charge in [0.2, 0.25) is 0 Å². The Labute approximate surface area is 99.0 Å². The van der Waals surface area contributed by atoms with E-state index in [0.29, 0.717) is 5.92 Å². The molecule has 0 radical (unpaired) electrons. The van der Waals surface area contributed by atoms with Crippen LogP contribution in [0.4, 0.5) is 0 Å². The number of aryl methyl sites for hydroxylation is 1. The molecule has 2 heteroatoms. The standard InChI is InChI=1S/C14H23NO/c1-11(2)7-8-16-14-6-5-12(3)9-13(14)10-15-4/h5-6,9,11,15H,7-8,10H2,1-4H3. The van der Waals surface area contributed by atoms with Gasteiger partial charge in [0, 0.05) is 12.1 Å². The molecule has 0 atom stereocenters. The highest BCUT2D eigenvalue weighted by Crippen LogP contribution is 2.20. The van der Waals surface area contributed by atoms with Crippen molar-refractivity contribution in [2.45, 2.75) is 33.7 Å². The molecule has 90 valence electrons. The lowest BCUT2D eigenvalue weighted by molar-refractivity contribution is 0.286. The van der Waals surface area contributed by atoms with Gasteiger partial charge < -0.3 is 10.1 Å². The second kappa shape index (κ2) is 6.54. The molecule has 2 nitrogen and oxygen atoms in total. The molecule has 1 aromatic carbocycles. The third kappa shape index (κ3) is 4.23. The van der Waals surface area contributed by atoms with Gasteiger partial charge in [-0.25, -0.2) is 0 Å². The van der Waals surface area contributed by atoms with E-state index in [0.717, 1.165) is 25.3 Å². The van der Waals surface area contributed by atoms with Crippen molar-refractivity contribution in [3.8, 4) is 5.75 Å². The van der Waals surface area contributed by atoms with Crippen molar-refractivity contribution in [1.82, 2.24) is 5.32 Å². The minimum absolute atomic E-state index is 0.693. The Morgan fingerprint density at radius 2 is 2.06 bits per heavy atom. The molecule has 0 spiro atoms. The molecule has 0 unspecified atom stereocenters. The van der Waals surface area contributed by atoms with Gasteiger partial charge in [0.25, 0.3) is 0 Å². The number of rotatable bonds is 6. The zero-order chi connectivity index (χ0) is 12.0. The summed E-state index contributed by atoms with van der Waals surface area (Å²) in [5, 5.41) is 3.17. The van der Waals surface area contributed by atoms with E-state index in [1.165, 1.54) is 11.1 Å². The zero-order valence-electron chi connectivity index (χ0n) is 10.8. The molecular weight excluding hydrogens is 198 g/mol. The lowest BCUT2D eigenvalue weighted by Gasteiger charge is -2.13. The Hall–Kier alpha value is -1.02. The number of nitrogens with one attached hydrogen (secondary N) is 1. The van der Waals surface area contributed by atoms with Crippen molar-refractivity contribution in [3.63, 3.8) is 0 Å². The normalized spacial score (nSPS) is 10.8. The third-order valence-corrected chi connectivity index (χ3v) is 2.54. The summed E-state index contributed by atoms with van der Waals surface area (Å²) < 4.78 is 5.82. The Balaban J connectivity index is 2.63. The van der Waals surface area contributed by atoms with Gasteiger partial charge in [-0.3, -0.25) is 0 Å². The first-order valence-corrected chi connectivity index (χ1v) is 6.00. The Morgan fingerprint density at radius 1 is 1.31 bits per heavy atom. The average Bonchev–Trinajstić information content (AvgIpc) is 2.21. The number of ether oxygens (including phenoxy) is 1. The zero-order valence-corrected chi connectivity index (χ0v) is 10.8. The third-order valence-electron chi connectivity index (χ3n) is 2.54. The molecule has 0 saturated carbocycles. The number of benzene rings is 1. The quantitative estimate of drug-likeness (QED) is 0.797. The summed E-state index contributed by atoms with van der Waals surface area (Å²) in [7, 11) is 1.96. The van der Waals surface area contributed by atoms with Crippen molar-refractivity contribution in [1.29, 1.82) is 0 Å². The van der Waals surface area contributed by atoms with Gasteiger partial charge in [0.05, 0.1) is 6.61 Å². The van der Waals surface area contributed by atoms with Gasteiger partial charge in [-0.05, 0) is 32.4 Å². The molecule has 1 aromatic rings. The molecule has 0 aliphatic heterocycles. The van der Waals surface area contributed by atoms with Crippen LogP contribution in [-0.2, 0) is 6.54 Å². The van der Waals surface area contributed by atoms with E-state index in [9.17, 15) is 0 Å². The van der Waals surface area contributed by atoms with Crippen molar-refractivity contribution in [3.05, 3.63) is 29.3 Å². The predicted octanol–water partition coefficient (Wildman–Crippen LogP) is 3.14. The van der Waals surface area contributed by atoms with Crippen LogP contribution in [-0.4, -0.2) is 13.7 Å². The fraction of sp³-hybridized carbons (Fsp3) is 0.571. The highest BCUT2D eigenvalue weighted by atomic mass is 16.5.